The Hall–Kier alpha value is 0.0300. The third kappa shape index (κ3) is 4.75. The maximum atomic E-state index is 12.9. The van der Waals surface area contributed by atoms with Gasteiger partial charge in [-0.25, -0.2) is 4.67 Å². The molecule has 0 N–H and O–H groups in total. The second kappa shape index (κ2) is 7.53. The maximum absolute atomic E-state index is 12.9. The predicted molar refractivity (Wildman–Crippen MR) is 82.9 cm³/mol. The lowest BCUT2D eigenvalue weighted by atomic mass is 10.2. The molecule has 2 heterocycles. The molecule has 2 aliphatic heterocycles. The van der Waals surface area contributed by atoms with Gasteiger partial charge in [0.05, 0.1) is 25.4 Å². The largest absolute Gasteiger partial charge is 0.383 e. The first-order valence-electron chi connectivity index (χ1n) is 7.74. The van der Waals surface area contributed by atoms with Crippen molar-refractivity contribution in [3.8, 4) is 0 Å². The molecule has 0 radical (unpaired) electrons. The van der Waals surface area contributed by atoms with E-state index >= 15 is 0 Å². The zero-order chi connectivity index (χ0) is 15.5. The monoisotopic (exact) mass is 320 g/mol. The summed E-state index contributed by atoms with van der Waals surface area (Å²) in [7, 11) is 0.984. The number of rotatable bonds is 6. The Morgan fingerprint density at radius 2 is 2.10 bits per heavy atom. The van der Waals surface area contributed by atoms with Crippen LogP contribution in [0.25, 0.3) is 0 Å². The summed E-state index contributed by atoms with van der Waals surface area (Å²) in [6.07, 6.45) is 2.26. The van der Waals surface area contributed by atoms with Gasteiger partial charge in [0.15, 0.2) is 0 Å². The SMILES string of the molecule is COC[C@H]1CCCN1P(C)(=O)OCC1CN(C)CC(C)O1. The number of ether oxygens (including phenoxy) is 2. The van der Waals surface area contributed by atoms with E-state index in [0.29, 0.717) is 13.2 Å². The zero-order valence-electron chi connectivity index (χ0n) is 13.7. The van der Waals surface area contributed by atoms with Crippen LogP contribution >= 0.6 is 7.52 Å². The van der Waals surface area contributed by atoms with Crippen molar-refractivity contribution in [1.82, 2.24) is 9.57 Å². The second-order valence-electron chi connectivity index (χ2n) is 6.30. The van der Waals surface area contributed by atoms with Gasteiger partial charge in [-0.1, -0.05) is 0 Å². The van der Waals surface area contributed by atoms with E-state index in [9.17, 15) is 4.57 Å². The minimum Gasteiger partial charge on any atom is -0.383 e. The Labute approximate surface area is 128 Å². The molecule has 0 aromatic carbocycles. The van der Waals surface area contributed by atoms with E-state index < -0.39 is 7.52 Å². The zero-order valence-corrected chi connectivity index (χ0v) is 14.6. The Bertz CT molecular complexity index is 372. The molecule has 0 spiro atoms. The Kier molecular flexibility index (Phi) is 6.24. The molecule has 0 saturated carbocycles. The van der Waals surface area contributed by atoms with Gasteiger partial charge in [-0.15, -0.1) is 0 Å². The molecule has 0 bridgehead atoms. The van der Waals surface area contributed by atoms with E-state index in [0.717, 1.165) is 32.5 Å². The Morgan fingerprint density at radius 1 is 1.33 bits per heavy atom. The third-order valence-electron chi connectivity index (χ3n) is 4.18. The summed E-state index contributed by atoms with van der Waals surface area (Å²) in [6.45, 7) is 7.36. The molecule has 0 aromatic rings. The normalized spacial score (nSPS) is 35.0. The van der Waals surface area contributed by atoms with Crippen molar-refractivity contribution in [3.63, 3.8) is 0 Å². The molecular formula is C14H29N2O4P. The van der Waals surface area contributed by atoms with Gasteiger partial charge in [0, 0.05) is 39.5 Å². The molecule has 7 heteroatoms. The van der Waals surface area contributed by atoms with Gasteiger partial charge in [-0.3, -0.25) is 4.57 Å². The highest BCUT2D eigenvalue weighted by Crippen LogP contribution is 2.51. The first-order valence-corrected chi connectivity index (χ1v) is 9.77. The van der Waals surface area contributed by atoms with Gasteiger partial charge >= 0.3 is 0 Å². The average Bonchev–Trinajstić information content (AvgIpc) is 2.85. The van der Waals surface area contributed by atoms with Crippen molar-refractivity contribution in [1.29, 1.82) is 0 Å². The topological polar surface area (TPSA) is 51.2 Å². The van der Waals surface area contributed by atoms with Crippen LogP contribution in [0.5, 0.6) is 0 Å². The van der Waals surface area contributed by atoms with Gasteiger partial charge in [-0.05, 0) is 26.8 Å². The fourth-order valence-electron chi connectivity index (χ4n) is 3.32. The summed E-state index contributed by atoms with van der Waals surface area (Å²) < 4.78 is 31.8. The van der Waals surface area contributed by atoms with Crippen LogP contribution in [-0.4, -0.2) is 81.5 Å². The van der Waals surface area contributed by atoms with E-state index in [1.165, 1.54) is 0 Å². The van der Waals surface area contributed by atoms with Crippen molar-refractivity contribution < 1.29 is 18.6 Å². The van der Waals surface area contributed by atoms with Gasteiger partial charge in [0.25, 0.3) is 7.52 Å². The minimum atomic E-state index is -2.78. The van der Waals surface area contributed by atoms with E-state index in [2.05, 4.69) is 18.9 Å². The summed E-state index contributed by atoms with van der Waals surface area (Å²) in [5.41, 5.74) is 0. The summed E-state index contributed by atoms with van der Waals surface area (Å²) in [5.74, 6) is 0. The van der Waals surface area contributed by atoms with Gasteiger partial charge in [0.2, 0.25) is 0 Å². The molecule has 2 aliphatic rings. The van der Waals surface area contributed by atoms with Crippen molar-refractivity contribution in [2.45, 2.75) is 38.0 Å². The van der Waals surface area contributed by atoms with Crippen LogP contribution in [0.3, 0.4) is 0 Å². The fourth-order valence-corrected chi connectivity index (χ4v) is 5.20. The van der Waals surface area contributed by atoms with Gasteiger partial charge < -0.3 is 18.9 Å². The molecule has 2 saturated heterocycles. The number of hydrogen-bond acceptors (Lipinski definition) is 5. The predicted octanol–water partition coefficient (Wildman–Crippen LogP) is 1.66. The number of morpholine rings is 1. The highest BCUT2D eigenvalue weighted by Gasteiger charge is 2.37. The van der Waals surface area contributed by atoms with Crippen LogP contribution in [0, 0.1) is 0 Å². The molecule has 2 fully saturated rings. The van der Waals surface area contributed by atoms with Crippen molar-refractivity contribution in [2.24, 2.45) is 0 Å². The van der Waals surface area contributed by atoms with Crippen molar-refractivity contribution in [3.05, 3.63) is 0 Å². The van der Waals surface area contributed by atoms with Crippen LogP contribution in [0.1, 0.15) is 19.8 Å². The fraction of sp³-hybridized carbons (Fsp3) is 1.00. The van der Waals surface area contributed by atoms with E-state index in [1.54, 1.807) is 13.8 Å². The molecule has 0 amide bonds. The molecule has 6 nitrogen and oxygen atoms in total. The number of likely N-dealkylation sites (N-methyl/N-ethyl adjacent to an activating group) is 1. The third-order valence-corrected chi connectivity index (χ3v) is 6.27. The van der Waals surface area contributed by atoms with Crippen LogP contribution < -0.4 is 0 Å². The molecule has 0 aromatic heterocycles. The molecule has 124 valence electrons. The lowest BCUT2D eigenvalue weighted by Crippen LogP contribution is -2.46. The number of methoxy groups -OCH3 is 1. The van der Waals surface area contributed by atoms with Gasteiger partial charge in [-0.2, -0.15) is 0 Å². The Morgan fingerprint density at radius 3 is 2.76 bits per heavy atom. The molecule has 0 aliphatic carbocycles. The maximum Gasteiger partial charge on any atom is 0.269 e. The second-order valence-corrected chi connectivity index (χ2v) is 8.68. The molecule has 3 unspecified atom stereocenters. The van der Waals surface area contributed by atoms with Crippen LogP contribution in [0.2, 0.25) is 0 Å². The quantitative estimate of drug-likeness (QED) is 0.694. The van der Waals surface area contributed by atoms with E-state index in [4.69, 9.17) is 14.0 Å². The molecule has 2 rings (SSSR count). The van der Waals surface area contributed by atoms with Gasteiger partial charge in [0.1, 0.15) is 0 Å². The first-order chi connectivity index (χ1) is 9.92. The molecule has 21 heavy (non-hydrogen) atoms. The summed E-state index contributed by atoms with van der Waals surface area (Å²) in [6, 6.07) is 0.208. The lowest BCUT2D eigenvalue weighted by molar-refractivity contribution is -0.0854. The van der Waals surface area contributed by atoms with Crippen LogP contribution in [0.15, 0.2) is 0 Å². The molecular weight excluding hydrogens is 291 g/mol. The summed E-state index contributed by atoms with van der Waals surface area (Å²) >= 11 is 0. The highest BCUT2D eigenvalue weighted by molar-refractivity contribution is 7.55. The standard InChI is InChI=1S/C14H29N2O4P/c1-12-8-15(2)9-14(20-12)11-19-21(4,17)16-7-5-6-13(16)10-18-3/h12-14H,5-11H2,1-4H3/t12?,13-,14?,21?/m1/s1. The number of nitrogens with zero attached hydrogens (tertiary/aromatic N) is 2. The Balaban J connectivity index is 1.87. The van der Waals surface area contributed by atoms with Crippen molar-refractivity contribution in [2.75, 3.05) is 53.7 Å². The minimum absolute atomic E-state index is 0.00416. The highest BCUT2D eigenvalue weighted by atomic mass is 31.2. The first kappa shape index (κ1) is 17.4. The average molecular weight is 320 g/mol. The van der Waals surface area contributed by atoms with Crippen LogP contribution in [-0.2, 0) is 18.6 Å². The number of hydrogen-bond donors (Lipinski definition) is 0. The summed E-state index contributed by atoms with van der Waals surface area (Å²) in [4.78, 5) is 2.23. The molecule has 4 atom stereocenters. The van der Waals surface area contributed by atoms with E-state index in [1.807, 2.05) is 4.67 Å². The van der Waals surface area contributed by atoms with Crippen molar-refractivity contribution >= 4 is 7.52 Å². The van der Waals surface area contributed by atoms with E-state index in [-0.39, 0.29) is 18.2 Å². The van der Waals surface area contributed by atoms with Crippen LogP contribution in [0.4, 0.5) is 0 Å². The lowest BCUT2D eigenvalue weighted by Gasteiger charge is -2.36. The summed E-state index contributed by atoms with van der Waals surface area (Å²) in [5, 5.41) is 0. The smallest absolute Gasteiger partial charge is 0.269 e.